The van der Waals surface area contributed by atoms with Crippen LogP contribution in [-0.2, 0) is 4.74 Å². The Balaban J connectivity index is 1.73. The highest BCUT2D eigenvalue weighted by atomic mass is 16.7. The summed E-state index contributed by atoms with van der Waals surface area (Å²) >= 11 is 0. The van der Waals surface area contributed by atoms with Crippen molar-refractivity contribution < 1.29 is 28.2 Å². The molecule has 0 bridgehead atoms. The van der Waals surface area contributed by atoms with Crippen LogP contribution in [0.25, 0.3) is 6.08 Å². The van der Waals surface area contributed by atoms with Gasteiger partial charge in [-0.05, 0) is 42.5 Å². The molecule has 0 unspecified atom stereocenters. The number of furan rings is 1. The van der Waals surface area contributed by atoms with E-state index >= 15 is 0 Å². The van der Waals surface area contributed by atoms with Gasteiger partial charge in [0.2, 0.25) is 12.6 Å². The lowest BCUT2D eigenvalue weighted by Gasteiger charge is -1.98. The van der Waals surface area contributed by atoms with E-state index < -0.39 is 5.97 Å². The largest absolute Gasteiger partial charge is 0.463 e. The summed E-state index contributed by atoms with van der Waals surface area (Å²) in [4.78, 5) is 23.4. The van der Waals surface area contributed by atoms with Crippen molar-refractivity contribution in [3.05, 3.63) is 53.5 Å². The summed E-state index contributed by atoms with van der Waals surface area (Å²) in [6.45, 7) is 0.158. The topological polar surface area (TPSA) is 75.0 Å². The molecule has 0 saturated carbocycles. The number of ether oxygens (including phenoxy) is 3. The van der Waals surface area contributed by atoms with E-state index in [0.29, 0.717) is 22.8 Å². The number of benzene rings is 1. The normalized spacial score (nSPS) is 12.6. The quantitative estimate of drug-likeness (QED) is 0.491. The van der Waals surface area contributed by atoms with Crippen molar-refractivity contribution in [2.24, 2.45) is 0 Å². The van der Waals surface area contributed by atoms with Gasteiger partial charge in [0.15, 0.2) is 17.3 Å². The van der Waals surface area contributed by atoms with Crippen molar-refractivity contribution in [2.45, 2.75) is 0 Å². The molecule has 0 amide bonds. The Morgan fingerprint density at radius 2 is 1.95 bits per heavy atom. The minimum atomic E-state index is -0.568. The number of ketones is 1. The van der Waals surface area contributed by atoms with Gasteiger partial charge in [-0.1, -0.05) is 0 Å². The SMILES string of the molecule is COC(=O)c1ccc(/C=C/C(=O)c2ccc3c(c2)OCO3)o1. The average molecular weight is 300 g/mol. The average Bonchev–Trinajstić information content (AvgIpc) is 3.19. The number of fused-ring (bicyclic) bond motifs is 1. The maximum atomic E-state index is 12.1. The monoisotopic (exact) mass is 300 g/mol. The van der Waals surface area contributed by atoms with Gasteiger partial charge in [-0.15, -0.1) is 0 Å². The van der Waals surface area contributed by atoms with E-state index in [4.69, 9.17) is 13.9 Å². The van der Waals surface area contributed by atoms with E-state index in [1.165, 1.54) is 25.3 Å². The van der Waals surface area contributed by atoms with E-state index in [9.17, 15) is 9.59 Å². The molecule has 6 heteroatoms. The number of methoxy groups -OCH3 is 1. The summed E-state index contributed by atoms with van der Waals surface area (Å²) in [6.07, 6.45) is 2.84. The zero-order chi connectivity index (χ0) is 15.5. The van der Waals surface area contributed by atoms with Crippen LogP contribution in [0.15, 0.2) is 40.8 Å². The molecule has 0 aliphatic carbocycles. The second-order valence-electron chi connectivity index (χ2n) is 4.46. The highest BCUT2D eigenvalue weighted by Gasteiger charge is 2.15. The summed E-state index contributed by atoms with van der Waals surface area (Å²) < 4.78 is 20.2. The third kappa shape index (κ3) is 2.71. The lowest BCUT2D eigenvalue weighted by molar-refractivity contribution is 0.0564. The number of carbonyl (C=O) groups is 2. The van der Waals surface area contributed by atoms with E-state index in [1.54, 1.807) is 24.3 Å². The molecule has 0 saturated heterocycles. The second-order valence-corrected chi connectivity index (χ2v) is 4.46. The van der Waals surface area contributed by atoms with E-state index in [0.717, 1.165) is 0 Å². The number of carbonyl (C=O) groups excluding carboxylic acids is 2. The van der Waals surface area contributed by atoms with Crippen molar-refractivity contribution in [2.75, 3.05) is 13.9 Å². The number of rotatable bonds is 4. The van der Waals surface area contributed by atoms with Crippen molar-refractivity contribution in [3.8, 4) is 11.5 Å². The molecule has 0 atom stereocenters. The summed E-state index contributed by atoms with van der Waals surface area (Å²) in [6, 6.07) is 8.02. The van der Waals surface area contributed by atoms with Gasteiger partial charge in [-0.25, -0.2) is 4.79 Å². The van der Waals surface area contributed by atoms with Gasteiger partial charge in [-0.3, -0.25) is 4.79 Å². The zero-order valence-corrected chi connectivity index (χ0v) is 11.7. The highest BCUT2D eigenvalue weighted by molar-refractivity contribution is 6.07. The third-order valence-electron chi connectivity index (χ3n) is 3.07. The summed E-state index contributed by atoms with van der Waals surface area (Å²) in [5.41, 5.74) is 0.472. The Morgan fingerprint density at radius 3 is 2.77 bits per heavy atom. The third-order valence-corrected chi connectivity index (χ3v) is 3.07. The Labute approximate surface area is 125 Å². The first-order valence-corrected chi connectivity index (χ1v) is 6.47. The maximum absolute atomic E-state index is 12.1. The smallest absolute Gasteiger partial charge is 0.373 e. The first-order chi connectivity index (χ1) is 10.7. The van der Waals surface area contributed by atoms with Crippen LogP contribution in [0, 0.1) is 0 Å². The van der Waals surface area contributed by atoms with Crippen molar-refractivity contribution in [3.63, 3.8) is 0 Å². The van der Waals surface area contributed by atoms with Gasteiger partial charge in [-0.2, -0.15) is 0 Å². The van der Waals surface area contributed by atoms with Gasteiger partial charge in [0.25, 0.3) is 0 Å². The molecule has 22 heavy (non-hydrogen) atoms. The van der Waals surface area contributed by atoms with Crippen LogP contribution >= 0.6 is 0 Å². The Hall–Kier alpha value is -3.02. The maximum Gasteiger partial charge on any atom is 0.373 e. The fourth-order valence-electron chi connectivity index (χ4n) is 1.96. The van der Waals surface area contributed by atoms with Gasteiger partial charge in [0.1, 0.15) is 5.76 Å². The molecule has 1 aliphatic heterocycles. The highest BCUT2D eigenvalue weighted by Crippen LogP contribution is 2.32. The summed E-state index contributed by atoms with van der Waals surface area (Å²) in [7, 11) is 1.27. The van der Waals surface area contributed by atoms with Crippen LogP contribution < -0.4 is 9.47 Å². The lowest BCUT2D eigenvalue weighted by Crippen LogP contribution is -1.98. The predicted molar refractivity (Wildman–Crippen MR) is 76.0 cm³/mol. The van der Waals surface area contributed by atoms with E-state index in [-0.39, 0.29) is 18.3 Å². The number of esters is 1. The molecular formula is C16H12O6. The van der Waals surface area contributed by atoms with Gasteiger partial charge in [0, 0.05) is 5.56 Å². The van der Waals surface area contributed by atoms with Crippen LogP contribution in [0.4, 0.5) is 0 Å². The lowest BCUT2D eigenvalue weighted by atomic mass is 10.1. The molecule has 1 aromatic heterocycles. The standard InChI is InChI=1S/C16H12O6/c1-19-16(18)14-7-4-11(22-14)3-5-12(17)10-2-6-13-15(8-10)21-9-20-13/h2-8H,9H2,1H3/b5-3+. The number of hydrogen-bond acceptors (Lipinski definition) is 6. The van der Waals surface area contributed by atoms with Crippen LogP contribution in [0.5, 0.6) is 11.5 Å². The molecule has 2 aromatic rings. The molecule has 1 aromatic carbocycles. The zero-order valence-electron chi connectivity index (χ0n) is 11.7. The first kappa shape index (κ1) is 13.9. The molecule has 0 radical (unpaired) electrons. The first-order valence-electron chi connectivity index (χ1n) is 6.47. The van der Waals surface area contributed by atoms with E-state index in [2.05, 4.69) is 4.74 Å². The summed E-state index contributed by atoms with van der Waals surface area (Å²) in [5, 5.41) is 0. The van der Waals surface area contributed by atoms with Crippen molar-refractivity contribution in [1.82, 2.24) is 0 Å². The van der Waals surface area contributed by atoms with Crippen molar-refractivity contribution in [1.29, 1.82) is 0 Å². The van der Waals surface area contributed by atoms with Crippen LogP contribution in [-0.4, -0.2) is 25.7 Å². The predicted octanol–water partition coefficient (Wildman–Crippen LogP) is 2.69. The Morgan fingerprint density at radius 1 is 1.14 bits per heavy atom. The fourth-order valence-corrected chi connectivity index (χ4v) is 1.96. The summed E-state index contributed by atoms with van der Waals surface area (Å²) in [5.74, 6) is 0.850. The molecule has 112 valence electrons. The second kappa shape index (κ2) is 5.77. The van der Waals surface area contributed by atoms with Gasteiger partial charge in [0.05, 0.1) is 7.11 Å². The Kier molecular flexibility index (Phi) is 3.65. The number of allylic oxidation sites excluding steroid dienone is 1. The van der Waals surface area contributed by atoms with Crippen LogP contribution in [0.2, 0.25) is 0 Å². The Bertz CT molecular complexity index is 756. The molecule has 3 rings (SSSR count). The fraction of sp³-hybridized carbons (Fsp3) is 0.125. The molecule has 1 aliphatic rings. The molecule has 0 spiro atoms. The molecule has 6 nitrogen and oxygen atoms in total. The van der Waals surface area contributed by atoms with Gasteiger partial charge >= 0.3 is 5.97 Å². The molecule has 0 N–H and O–H groups in total. The van der Waals surface area contributed by atoms with Crippen molar-refractivity contribution >= 4 is 17.8 Å². The molecular weight excluding hydrogens is 288 g/mol. The minimum absolute atomic E-state index is 0.0812. The molecule has 2 heterocycles. The molecule has 0 fully saturated rings. The number of hydrogen-bond donors (Lipinski definition) is 0. The van der Waals surface area contributed by atoms with Crippen LogP contribution in [0.1, 0.15) is 26.7 Å². The van der Waals surface area contributed by atoms with Crippen LogP contribution in [0.3, 0.4) is 0 Å². The van der Waals surface area contributed by atoms with E-state index in [1.807, 2.05) is 0 Å². The van der Waals surface area contributed by atoms with Gasteiger partial charge < -0.3 is 18.6 Å². The minimum Gasteiger partial charge on any atom is -0.463 e.